The first kappa shape index (κ1) is 22.0. The highest BCUT2D eigenvalue weighted by molar-refractivity contribution is 8.14. The van der Waals surface area contributed by atoms with Crippen LogP contribution in [0, 0.1) is 0 Å². The maximum absolute atomic E-state index is 12.7. The van der Waals surface area contributed by atoms with E-state index in [-0.39, 0.29) is 23.6 Å². The van der Waals surface area contributed by atoms with E-state index >= 15 is 0 Å². The van der Waals surface area contributed by atoms with E-state index in [1.54, 1.807) is 11.8 Å². The first-order valence-electron chi connectivity index (χ1n) is 10.2. The minimum Gasteiger partial charge on any atom is -0.350 e. The molecule has 4 nitrogen and oxygen atoms in total. The summed E-state index contributed by atoms with van der Waals surface area (Å²) >= 11 is 1.71. The number of nitrogens with one attached hydrogen (secondary N) is 1. The third kappa shape index (κ3) is 5.90. The average Bonchev–Trinajstić information content (AvgIpc) is 2.84. The van der Waals surface area contributed by atoms with Crippen LogP contribution in [0.2, 0.25) is 0 Å². The van der Waals surface area contributed by atoms with Crippen LogP contribution in [0.4, 0.5) is 18.9 Å². The van der Waals surface area contributed by atoms with Crippen LogP contribution in [0.15, 0.2) is 29.3 Å². The Morgan fingerprint density at radius 3 is 2.38 bits per heavy atom. The fourth-order valence-corrected chi connectivity index (χ4v) is 5.18. The molecule has 3 rings (SSSR count). The van der Waals surface area contributed by atoms with Gasteiger partial charge in [-0.15, -0.1) is 0 Å². The molecular formula is C21H28F3N3OS. The van der Waals surface area contributed by atoms with E-state index in [4.69, 9.17) is 4.99 Å². The van der Waals surface area contributed by atoms with E-state index in [0.717, 1.165) is 30.1 Å². The first-order valence-corrected chi connectivity index (χ1v) is 11.1. The van der Waals surface area contributed by atoms with Crippen LogP contribution in [-0.2, 0) is 11.0 Å². The molecule has 1 N–H and O–H groups in total. The van der Waals surface area contributed by atoms with Gasteiger partial charge in [0.05, 0.1) is 17.6 Å². The molecule has 1 aromatic rings. The Hall–Kier alpha value is -1.70. The number of alkyl halides is 3. The lowest BCUT2D eigenvalue weighted by Crippen LogP contribution is -2.36. The van der Waals surface area contributed by atoms with Gasteiger partial charge >= 0.3 is 6.18 Å². The molecule has 0 aromatic heterocycles. The van der Waals surface area contributed by atoms with Crippen LogP contribution in [0.1, 0.15) is 57.4 Å². The van der Waals surface area contributed by atoms with Gasteiger partial charge in [0.2, 0.25) is 5.91 Å². The second-order valence-electron chi connectivity index (χ2n) is 7.89. The second-order valence-corrected chi connectivity index (χ2v) is 9.23. The van der Waals surface area contributed by atoms with E-state index in [1.807, 2.05) is 7.05 Å². The molecule has 1 amide bonds. The molecule has 1 saturated heterocycles. The molecule has 1 aliphatic heterocycles. The summed E-state index contributed by atoms with van der Waals surface area (Å²) in [7, 11) is 1.97. The molecule has 1 aliphatic carbocycles. The average molecular weight is 428 g/mol. The Morgan fingerprint density at radius 2 is 1.79 bits per heavy atom. The summed E-state index contributed by atoms with van der Waals surface area (Å²) in [5, 5.41) is 3.93. The van der Waals surface area contributed by atoms with Gasteiger partial charge in [-0.05, 0) is 37.1 Å². The summed E-state index contributed by atoms with van der Waals surface area (Å²) in [6.07, 6.45) is 3.18. The van der Waals surface area contributed by atoms with Gasteiger partial charge in [-0.2, -0.15) is 13.2 Å². The van der Waals surface area contributed by atoms with Gasteiger partial charge in [0, 0.05) is 24.4 Å². The Labute approximate surface area is 174 Å². The van der Waals surface area contributed by atoms with Crippen molar-refractivity contribution in [2.24, 2.45) is 4.99 Å². The number of nitrogens with zero attached hydrogens (tertiary/aromatic N) is 2. The smallest absolute Gasteiger partial charge is 0.350 e. The third-order valence-electron chi connectivity index (χ3n) is 5.64. The number of carbonyl (C=O) groups excluding carboxylic acids is 1. The molecule has 1 aromatic carbocycles. The molecule has 29 heavy (non-hydrogen) atoms. The maximum Gasteiger partial charge on any atom is 0.416 e. The van der Waals surface area contributed by atoms with Gasteiger partial charge in [0.25, 0.3) is 0 Å². The number of thioether (sulfide) groups is 1. The van der Waals surface area contributed by atoms with Crippen LogP contribution in [0.25, 0.3) is 0 Å². The van der Waals surface area contributed by atoms with Gasteiger partial charge in [0.1, 0.15) is 0 Å². The quantitative estimate of drug-likeness (QED) is 0.641. The lowest BCUT2D eigenvalue weighted by atomic mass is 10.1. The SMILES string of the molecule is CC1SC(=NC2CCCCCC2)N(C)C1CC(=O)Nc1ccc(C(F)(F)F)cc1. The number of rotatable bonds is 4. The number of hydrogen-bond acceptors (Lipinski definition) is 3. The summed E-state index contributed by atoms with van der Waals surface area (Å²) < 4.78 is 38.0. The number of hydrogen-bond donors (Lipinski definition) is 1. The molecule has 1 heterocycles. The summed E-state index contributed by atoms with van der Waals surface area (Å²) in [6, 6.07) is 4.92. The van der Waals surface area contributed by atoms with Gasteiger partial charge in [-0.25, -0.2) is 0 Å². The Bertz CT molecular complexity index is 728. The van der Waals surface area contributed by atoms with Gasteiger partial charge < -0.3 is 10.2 Å². The standard InChI is InChI=1S/C21H28F3N3OS/c1-14-18(27(2)20(29-14)26-16-7-5-3-4-6-8-16)13-19(28)25-17-11-9-15(10-12-17)21(22,23)24/h9-12,14,16,18H,3-8,13H2,1-2H3,(H,25,28). The minimum atomic E-state index is -4.38. The first-order chi connectivity index (χ1) is 13.7. The molecule has 160 valence electrons. The monoisotopic (exact) mass is 427 g/mol. The zero-order valence-electron chi connectivity index (χ0n) is 16.8. The molecule has 0 bridgehead atoms. The third-order valence-corrected chi connectivity index (χ3v) is 6.93. The number of halogens is 3. The van der Waals surface area contributed by atoms with Crippen LogP contribution < -0.4 is 5.32 Å². The largest absolute Gasteiger partial charge is 0.416 e. The molecule has 2 fully saturated rings. The lowest BCUT2D eigenvalue weighted by Gasteiger charge is -2.23. The van der Waals surface area contributed by atoms with Crippen molar-refractivity contribution in [3.8, 4) is 0 Å². The Kier molecular flexibility index (Phi) is 7.14. The number of anilines is 1. The van der Waals surface area contributed by atoms with Crippen LogP contribution in [0.5, 0.6) is 0 Å². The van der Waals surface area contributed by atoms with Crippen molar-refractivity contribution in [3.63, 3.8) is 0 Å². The highest BCUT2D eigenvalue weighted by Crippen LogP contribution is 2.34. The lowest BCUT2D eigenvalue weighted by molar-refractivity contribution is -0.137. The maximum atomic E-state index is 12.7. The fourth-order valence-electron chi connectivity index (χ4n) is 3.90. The number of amidine groups is 1. The predicted octanol–water partition coefficient (Wildman–Crippen LogP) is 5.55. The van der Waals surface area contributed by atoms with Crippen molar-refractivity contribution in [1.82, 2.24) is 4.90 Å². The topological polar surface area (TPSA) is 44.7 Å². The van der Waals surface area contributed by atoms with E-state index in [9.17, 15) is 18.0 Å². The summed E-state index contributed by atoms with van der Waals surface area (Å²) in [5.41, 5.74) is -0.355. The molecule has 1 saturated carbocycles. The highest BCUT2D eigenvalue weighted by atomic mass is 32.2. The van der Waals surface area contributed by atoms with E-state index in [0.29, 0.717) is 11.7 Å². The van der Waals surface area contributed by atoms with Crippen molar-refractivity contribution in [1.29, 1.82) is 0 Å². The summed E-state index contributed by atoms with van der Waals surface area (Å²) in [4.78, 5) is 19.5. The zero-order valence-corrected chi connectivity index (χ0v) is 17.7. The number of benzene rings is 1. The Balaban J connectivity index is 1.58. The summed E-state index contributed by atoms with van der Waals surface area (Å²) in [6.45, 7) is 2.09. The second kappa shape index (κ2) is 9.41. The van der Waals surface area contributed by atoms with E-state index in [2.05, 4.69) is 17.1 Å². The van der Waals surface area contributed by atoms with Crippen molar-refractivity contribution in [3.05, 3.63) is 29.8 Å². The number of carbonyl (C=O) groups is 1. The molecule has 2 atom stereocenters. The Morgan fingerprint density at radius 1 is 1.17 bits per heavy atom. The van der Waals surface area contributed by atoms with Crippen molar-refractivity contribution in [2.75, 3.05) is 12.4 Å². The molecule has 0 spiro atoms. The molecule has 2 aliphatic rings. The van der Waals surface area contributed by atoms with Crippen LogP contribution in [0.3, 0.4) is 0 Å². The van der Waals surface area contributed by atoms with Crippen molar-refractivity contribution >= 4 is 28.5 Å². The fraction of sp³-hybridized carbons (Fsp3) is 0.619. The van der Waals surface area contributed by atoms with Gasteiger partial charge in [0.15, 0.2) is 5.17 Å². The van der Waals surface area contributed by atoms with Crippen LogP contribution >= 0.6 is 11.8 Å². The van der Waals surface area contributed by atoms with Crippen molar-refractivity contribution in [2.45, 2.75) is 75.4 Å². The van der Waals surface area contributed by atoms with Crippen molar-refractivity contribution < 1.29 is 18.0 Å². The van der Waals surface area contributed by atoms with Crippen LogP contribution in [-0.4, -0.2) is 40.4 Å². The molecule has 0 radical (unpaired) electrons. The molecule has 2 unspecified atom stereocenters. The number of amides is 1. The molecular weight excluding hydrogens is 399 g/mol. The number of aliphatic imine (C=N–C) groups is 1. The van der Waals surface area contributed by atoms with Gasteiger partial charge in [-0.1, -0.05) is 44.4 Å². The highest BCUT2D eigenvalue weighted by Gasteiger charge is 2.36. The van der Waals surface area contributed by atoms with Gasteiger partial charge in [-0.3, -0.25) is 9.79 Å². The minimum absolute atomic E-state index is 0.0129. The zero-order chi connectivity index (χ0) is 21.0. The van der Waals surface area contributed by atoms with E-state index in [1.165, 1.54) is 37.8 Å². The normalized spacial score (nSPS) is 25.3. The predicted molar refractivity (Wildman–Crippen MR) is 112 cm³/mol. The summed E-state index contributed by atoms with van der Waals surface area (Å²) in [5.74, 6) is -0.204. The van der Waals surface area contributed by atoms with E-state index < -0.39 is 11.7 Å². The molecule has 8 heteroatoms.